The summed E-state index contributed by atoms with van der Waals surface area (Å²) < 4.78 is 3.10. The Kier molecular flexibility index (Phi) is 3.93. The molecule has 1 heterocycles. The SMILES string of the molecule is O=C(NCC1[C@H]2CC(n3cc(Br)cn3)C[C@@H]12)c1ccc(Cl)cc1. The highest BCUT2D eigenvalue weighted by Crippen LogP contribution is 2.60. The topological polar surface area (TPSA) is 46.9 Å². The molecule has 1 aromatic heterocycles. The number of rotatable bonds is 4. The number of hydrogen-bond donors (Lipinski definition) is 1. The van der Waals surface area contributed by atoms with Crippen LogP contribution in [0, 0.1) is 17.8 Å². The van der Waals surface area contributed by atoms with Gasteiger partial charge in [-0.25, -0.2) is 0 Å². The van der Waals surface area contributed by atoms with E-state index >= 15 is 0 Å². The summed E-state index contributed by atoms with van der Waals surface area (Å²) in [4.78, 5) is 12.1. The van der Waals surface area contributed by atoms with E-state index in [1.54, 1.807) is 24.3 Å². The molecule has 0 aliphatic heterocycles. The van der Waals surface area contributed by atoms with Crippen LogP contribution in [-0.4, -0.2) is 22.2 Å². The third-order valence-electron chi connectivity index (χ3n) is 5.15. The Hall–Kier alpha value is -1.33. The molecule has 2 aliphatic carbocycles. The molecule has 23 heavy (non-hydrogen) atoms. The minimum absolute atomic E-state index is 0.0146. The Balaban J connectivity index is 1.27. The zero-order chi connectivity index (χ0) is 16.0. The third kappa shape index (κ3) is 3.04. The Morgan fingerprint density at radius 2 is 2.00 bits per heavy atom. The number of nitrogens with zero attached hydrogens (tertiary/aromatic N) is 2. The molecule has 4 nitrogen and oxygen atoms in total. The highest BCUT2D eigenvalue weighted by molar-refractivity contribution is 9.10. The number of hydrogen-bond acceptors (Lipinski definition) is 2. The molecule has 2 saturated carbocycles. The van der Waals surface area contributed by atoms with Gasteiger partial charge in [-0.15, -0.1) is 0 Å². The van der Waals surface area contributed by atoms with Crippen molar-refractivity contribution in [3.8, 4) is 0 Å². The van der Waals surface area contributed by atoms with Crippen LogP contribution in [-0.2, 0) is 0 Å². The van der Waals surface area contributed by atoms with Crippen LogP contribution in [0.25, 0.3) is 0 Å². The molecular formula is C17H17BrClN3O. The Labute approximate surface area is 148 Å². The minimum atomic E-state index is -0.0146. The van der Waals surface area contributed by atoms with Crippen molar-refractivity contribution in [3.63, 3.8) is 0 Å². The lowest BCUT2D eigenvalue weighted by atomic mass is 10.1. The van der Waals surface area contributed by atoms with Gasteiger partial charge in [0.15, 0.2) is 0 Å². The zero-order valence-corrected chi connectivity index (χ0v) is 14.8. The van der Waals surface area contributed by atoms with E-state index in [0.29, 0.717) is 22.5 Å². The van der Waals surface area contributed by atoms with Gasteiger partial charge < -0.3 is 5.32 Å². The molecule has 2 fully saturated rings. The van der Waals surface area contributed by atoms with Crippen LogP contribution in [0.2, 0.25) is 5.02 Å². The normalized spacial score (nSPS) is 28.4. The average molecular weight is 395 g/mol. The van der Waals surface area contributed by atoms with E-state index in [9.17, 15) is 4.79 Å². The number of carbonyl (C=O) groups excluding carboxylic acids is 1. The van der Waals surface area contributed by atoms with Crippen LogP contribution in [0.5, 0.6) is 0 Å². The lowest BCUT2D eigenvalue weighted by Gasteiger charge is -2.15. The quantitative estimate of drug-likeness (QED) is 0.854. The van der Waals surface area contributed by atoms with E-state index in [0.717, 1.165) is 22.9 Å². The summed E-state index contributed by atoms with van der Waals surface area (Å²) in [5.41, 5.74) is 0.666. The highest BCUT2D eigenvalue weighted by atomic mass is 79.9. The molecule has 2 unspecified atom stereocenters. The average Bonchev–Trinajstić information content (AvgIpc) is 2.92. The van der Waals surface area contributed by atoms with E-state index < -0.39 is 0 Å². The fourth-order valence-corrected chi connectivity index (χ4v) is 4.32. The summed E-state index contributed by atoms with van der Waals surface area (Å²) in [5.74, 6) is 2.07. The highest BCUT2D eigenvalue weighted by Gasteiger charge is 2.56. The van der Waals surface area contributed by atoms with Crippen molar-refractivity contribution < 1.29 is 4.79 Å². The predicted octanol–water partition coefficient (Wildman–Crippen LogP) is 3.93. The van der Waals surface area contributed by atoms with Gasteiger partial charge in [0, 0.05) is 23.3 Å². The smallest absolute Gasteiger partial charge is 0.251 e. The lowest BCUT2D eigenvalue weighted by molar-refractivity contribution is 0.0950. The number of nitrogens with one attached hydrogen (secondary N) is 1. The second-order valence-electron chi connectivity index (χ2n) is 6.47. The summed E-state index contributed by atoms with van der Waals surface area (Å²) in [6.07, 6.45) is 6.22. The fourth-order valence-electron chi connectivity index (χ4n) is 3.90. The van der Waals surface area contributed by atoms with E-state index in [1.807, 2.05) is 12.4 Å². The monoisotopic (exact) mass is 393 g/mol. The first-order chi connectivity index (χ1) is 11.1. The third-order valence-corrected chi connectivity index (χ3v) is 5.81. The molecule has 0 saturated heterocycles. The van der Waals surface area contributed by atoms with Crippen molar-refractivity contribution in [2.45, 2.75) is 18.9 Å². The molecule has 4 atom stereocenters. The van der Waals surface area contributed by atoms with Gasteiger partial charge in [0.1, 0.15) is 0 Å². The minimum Gasteiger partial charge on any atom is -0.352 e. The number of fused-ring (bicyclic) bond motifs is 1. The Bertz CT molecular complexity index is 718. The first-order valence-electron chi connectivity index (χ1n) is 7.85. The van der Waals surface area contributed by atoms with E-state index in [-0.39, 0.29) is 5.91 Å². The van der Waals surface area contributed by atoms with Crippen LogP contribution in [0.1, 0.15) is 29.2 Å². The molecule has 4 rings (SSSR count). The van der Waals surface area contributed by atoms with Gasteiger partial charge in [-0.1, -0.05) is 11.6 Å². The summed E-state index contributed by atoms with van der Waals surface area (Å²) in [5, 5.41) is 8.09. The van der Waals surface area contributed by atoms with Gasteiger partial charge in [-0.3, -0.25) is 9.48 Å². The fraction of sp³-hybridized carbons (Fsp3) is 0.412. The maximum atomic E-state index is 12.1. The number of amides is 1. The Morgan fingerprint density at radius 1 is 1.30 bits per heavy atom. The molecule has 1 aromatic carbocycles. The van der Waals surface area contributed by atoms with E-state index in [4.69, 9.17) is 11.6 Å². The summed E-state index contributed by atoms with van der Waals surface area (Å²) in [7, 11) is 0. The Morgan fingerprint density at radius 3 is 2.61 bits per heavy atom. The van der Waals surface area contributed by atoms with Gasteiger partial charge >= 0.3 is 0 Å². The first kappa shape index (κ1) is 15.2. The molecule has 0 spiro atoms. The van der Waals surface area contributed by atoms with Gasteiger partial charge in [0.2, 0.25) is 0 Å². The molecule has 2 aromatic rings. The number of aromatic nitrogens is 2. The maximum absolute atomic E-state index is 12.1. The number of carbonyl (C=O) groups is 1. The van der Waals surface area contributed by atoms with Crippen molar-refractivity contribution in [2.75, 3.05) is 6.54 Å². The van der Waals surface area contributed by atoms with Gasteiger partial charge in [-0.2, -0.15) is 5.10 Å². The summed E-state index contributed by atoms with van der Waals surface area (Å²) in [6, 6.07) is 7.53. The molecule has 1 amide bonds. The molecule has 1 N–H and O–H groups in total. The molecule has 6 heteroatoms. The van der Waals surface area contributed by atoms with Crippen molar-refractivity contribution in [1.82, 2.24) is 15.1 Å². The van der Waals surface area contributed by atoms with Crippen molar-refractivity contribution >= 4 is 33.4 Å². The predicted molar refractivity (Wildman–Crippen MR) is 92.5 cm³/mol. The molecule has 120 valence electrons. The van der Waals surface area contributed by atoms with Gasteiger partial charge in [0.05, 0.1) is 16.7 Å². The maximum Gasteiger partial charge on any atom is 0.251 e. The zero-order valence-electron chi connectivity index (χ0n) is 12.5. The van der Waals surface area contributed by atoms with Crippen LogP contribution >= 0.6 is 27.5 Å². The van der Waals surface area contributed by atoms with Crippen molar-refractivity contribution in [1.29, 1.82) is 0 Å². The number of halogens is 2. The summed E-state index contributed by atoms with van der Waals surface area (Å²) >= 11 is 9.29. The van der Waals surface area contributed by atoms with E-state index in [2.05, 4.69) is 31.0 Å². The van der Waals surface area contributed by atoms with Gasteiger partial charge in [0.25, 0.3) is 5.91 Å². The second-order valence-corrected chi connectivity index (χ2v) is 7.82. The van der Waals surface area contributed by atoms with Crippen LogP contribution in [0.4, 0.5) is 0 Å². The van der Waals surface area contributed by atoms with Crippen molar-refractivity contribution in [2.24, 2.45) is 17.8 Å². The number of benzene rings is 1. The molecular weight excluding hydrogens is 378 g/mol. The second kappa shape index (κ2) is 5.95. The van der Waals surface area contributed by atoms with Crippen molar-refractivity contribution in [3.05, 3.63) is 51.7 Å². The van der Waals surface area contributed by atoms with Crippen LogP contribution < -0.4 is 5.32 Å². The first-order valence-corrected chi connectivity index (χ1v) is 9.02. The molecule has 0 bridgehead atoms. The molecule has 2 aliphatic rings. The molecule has 0 radical (unpaired) electrons. The summed E-state index contributed by atoms with van der Waals surface area (Å²) in [6.45, 7) is 0.770. The van der Waals surface area contributed by atoms with Crippen LogP contribution in [0.15, 0.2) is 41.1 Å². The standard InChI is InChI=1S/C17H17BrClN3O/c18-11-7-21-22(9-11)13-5-14-15(6-13)16(14)8-20-17(23)10-1-3-12(19)4-2-10/h1-4,7,9,13-16H,5-6,8H2,(H,20,23)/t13?,14-,15+,16?. The van der Waals surface area contributed by atoms with Gasteiger partial charge in [-0.05, 0) is 70.8 Å². The van der Waals surface area contributed by atoms with E-state index in [1.165, 1.54) is 12.8 Å². The van der Waals surface area contributed by atoms with Crippen LogP contribution in [0.3, 0.4) is 0 Å². The largest absolute Gasteiger partial charge is 0.352 e. The lowest BCUT2D eigenvalue weighted by Crippen LogP contribution is -2.27.